The second-order valence-electron chi connectivity index (χ2n) is 13.3. The summed E-state index contributed by atoms with van der Waals surface area (Å²) in [5, 5.41) is 23.1. The van der Waals surface area contributed by atoms with Crippen LogP contribution in [0.1, 0.15) is 61.3 Å². The van der Waals surface area contributed by atoms with Crippen molar-refractivity contribution in [1.29, 1.82) is 0 Å². The molecule has 0 bridgehead atoms. The smallest absolute Gasteiger partial charge is 0.347 e. The van der Waals surface area contributed by atoms with Crippen molar-refractivity contribution in [3.05, 3.63) is 0 Å². The zero-order chi connectivity index (χ0) is 38.1. The maximum Gasteiger partial charge on any atom is 0.347 e. The van der Waals surface area contributed by atoms with Gasteiger partial charge in [-0.2, -0.15) is 9.97 Å². The molecular weight excluding hydrogens is 673 g/mol. The number of nitrogens with zero attached hydrogens (tertiary/aromatic N) is 5. The molecule has 17 nitrogen and oxygen atoms in total. The SMILES string of the molecule is CCOC(=O)[C@H](CC(C)C)N(C)P(=O)(OCC(OC)C(O)C1(O)C(C)C1C=Nc1c(N)nc(N)nc1OC)N(C)[C@@H](CC(C)C)C(=O)OCC. The van der Waals surface area contributed by atoms with E-state index in [-0.39, 0.29) is 61.2 Å². The van der Waals surface area contributed by atoms with Gasteiger partial charge in [-0.3, -0.25) is 19.1 Å². The Morgan fingerprint density at radius 1 is 1.00 bits per heavy atom. The van der Waals surface area contributed by atoms with Gasteiger partial charge in [-0.15, -0.1) is 0 Å². The fourth-order valence-electron chi connectivity index (χ4n) is 5.89. The van der Waals surface area contributed by atoms with Crippen molar-refractivity contribution < 1.29 is 47.8 Å². The van der Waals surface area contributed by atoms with Crippen molar-refractivity contribution in [2.24, 2.45) is 28.7 Å². The van der Waals surface area contributed by atoms with Crippen molar-refractivity contribution in [3.8, 4) is 5.88 Å². The molecule has 1 aliphatic carbocycles. The molecule has 5 unspecified atom stereocenters. The molecule has 1 aromatic rings. The van der Waals surface area contributed by atoms with E-state index in [0.717, 1.165) is 0 Å². The predicted octanol–water partition coefficient (Wildman–Crippen LogP) is 2.67. The van der Waals surface area contributed by atoms with Crippen molar-refractivity contribution >= 4 is 43.3 Å². The highest BCUT2D eigenvalue weighted by molar-refractivity contribution is 7.54. The number of nitrogens with two attached hydrogens (primary N) is 2. The van der Waals surface area contributed by atoms with Gasteiger partial charge in [0.15, 0.2) is 11.5 Å². The third kappa shape index (κ3) is 9.90. The number of ether oxygens (including phenoxy) is 4. The average Bonchev–Trinajstić information content (AvgIpc) is 3.59. The maximum absolute atomic E-state index is 15.2. The van der Waals surface area contributed by atoms with Gasteiger partial charge in [0, 0.05) is 19.2 Å². The molecule has 1 aromatic heterocycles. The average molecular weight is 732 g/mol. The second-order valence-corrected chi connectivity index (χ2v) is 15.8. The third-order valence-corrected chi connectivity index (χ3v) is 11.5. The highest BCUT2D eigenvalue weighted by Gasteiger charge is 2.66. The van der Waals surface area contributed by atoms with Crippen LogP contribution in [0.25, 0.3) is 0 Å². The molecular formula is C32H58N7O10P. The van der Waals surface area contributed by atoms with E-state index in [9.17, 15) is 19.8 Å². The van der Waals surface area contributed by atoms with Crippen LogP contribution < -0.4 is 16.2 Å². The summed E-state index contributed by atoms with van der Waals surface area (Å²) in [6.45, 7) is 12.4. The zero-order valence-electron chi connectivity index (χ0n) is 31.2. The lowest BCUT2D eigenvalue weighted by Crippen LogP contribution is -2.49. The van der Waals surface area contributed by atoms with Gasteiger partial charge in [-0.05, 0) is 58.5 Å². The summed E-state index contributed by atoms with van der Waals surface area (Å²) < 4.78 is 45.5. The van der Waals surface area contributed by atoms with Gasteiger partial charge in [0.2, 0.25) is 11.8 Å². The number of rotatable bonds is 21. The molecule has 1 fully saturated rings. The van der Waals surface area contributed by atoms with E-state index < -0.39 is 67.9 Å². The number of esters is 2. The Morgan fingerprint density at radius 2 is 1.50 bits per heavy atom. The molecule has 1 saturated carbocycles. The first-order valence-corrected chi connectivity index (χ1v) is 18.4. The largest absolute Gasteiger partial charge is 0.479 e. The molecule has 1 heterocycles. The van der Waals surface area contributed by atoms with Crippen LogP contribution in [0.2, 0.25) is 0 Å². The minimum atomic E-state index is -4.31. The van der Waals surface area contributed by atoms with Crippen LogP contribution in [0.3, 0.4) is 0 Å². The van der Waals surface area contributed by atoms with Crippen LogP contribution in [-0.2, 0) is 32.9 Å². The van der Waals surface area contributed by atoms with Crippen molar-refractivity contribution in [3.63, 3.8) is 0 Å². The first kappa shape index (κ1) is 43.2. The summed E-state index contributed by atoms with van der Waals surface area (Å²) in [5.74, 6) is -2.49. The number of carbonyl (C=O) groups is 2. The lowest BCUT2D eigenvalue weighted by Gasteiger charge is -2.41. The number of aromatic nitrogens is 2. The van der Waals surface area contributed by atoms with Crippen molar-refractivity contribution in [2.75, 3.05) is 59.6 Å². The first-order chi connectivity index (χ1) is 23.3. The highest BCUT2D eigenvalue weighted by atomic mass is 31.2. The highest BCUT2D eigenvalue weighted by Crippen LogP contribution is 2.57. The van der Waals surface area contributed by atoms with Crippen molar-refractivity contribution in [2.45, 2.75) is 91.2 Å². The molecule has 6 N–H and O–H groups in total. The van der Waals surface area contributed by atoms with Gasteiger partial charge in [0.1, 0.15) is 29.9 Å². The lowest BCUT2D eigenvalue weighted by atomic mass is 10.0. The number of methoxy groups -OCH3 is 2. The number of hydrogen-bond acceptors (Lipinski definition) is 15. The van der Waals surface area contributed by atoms with Gasteiger partial charge in [-0.1, -0.05) is 34.6 Å². The standard InChI is InChI=1S/C32H58N7O10P/c1-12-47-29(41)22(14-18(3)4)38(8)50(44,39(9)23(15-19(5)6)30(42)48-13-2)49-17-24(45-10)26(40)32(43)20(7)21(32)16-35-25-27(33)36-31(34)37-28(25)46-11/h16,18-24,26,40,43H,12-15,17H2,1-11H3,(H4,33,34,36,37)/t20?,21?,22-,23-,24?,26?,32?/m0/s1. The number of carbonyl (C=O) groups excluding carboxylic acids is 2. The summed E-state index contributed by atoms with van der Waals surface area (Å²) in [5.41, 5.74) is 9.98. The van der Waals surface area contributed by atoms with E-state index in [2.05, 4.69) is 15.0 Å². The Balaban J connectivity index is 2.49. The predicted molar refractivity (Wildman–Crippen MR) is 189 cm³/mol. The third-order valence-electron chi connectivity index (χ3n) is 8.89. The van der Waals surface area contributed by atoms with E-state index >= 15 is 4.57 Å². The van der Waals surface area contributed by atoms with Crippen molar-refractivity contribution in [1.82, 2.24) is 19.3 Å². The summed E-state index contributed by atoms with van der Waals surface area (Å²) in [6.07, 6.45) is -0.819. The lowest BCUT2D eigenvalue weighted by molar-refractivity contribution is -0.149. The van der Waals surface area contributed by atoms with Crippen LogP contribution in [0.15, 0.2) is 4.99 Å². The molecule has 0 amide bonds. The molecule has 1 aliphatic rings. The number of anilines is 2. The van der Waals surface area contributed by atoms with Crippen LogP contribution in [0, 0.1) is 23.7 Å². The van der Waals surface area contributed by atoms with E-state index in [1.54, 1.807) is 20.8 Å². The molecule has 286 valence electrons. The monoisotopic (exact) mass is 731 g/mol. The van der Waals surface area contributed by atoms with Crippen LogP contribution >= 0.6 is 7.67 Å². The van der Waals surface area contributed by atoms with Crippen LogP contribution in [0.4, 0.5) is 17.5 Å². The molecule has 0 spiro atoms. The number of likely N-dealkylation sites (N-methyl/N-ethyl adjacent to an activating group) is 2. The fourth-order valence-corrected chi connectivity index (χ4v) is 8.12. The Labute approximate surface area is 295 Å². The molecule has 18 heteroatoms. The van der Waals surface area contributed by atoms with Gasteiger partial charge in [0.05, 0.1) is 26.9 Å². The number of aliphatic hydroxyl groups is 2. The number of hydrogen-bond donors (Lipinski definition) is 4. The summed E-state index contributed by atoms with van der Waals surface area (Å²) in [6, 6.07) is -2.02. The summed E-state index contributed by atoms with van der Waals surface area (Å²) >= 11 is 0. The molecule has 7 atom stereocenters. The van der Waals surface area contributed by atoms with E-state index in [1.807, 2.05) is 27.7 Å². The van der Waals surface area contributed by atoms with Crippen LogP contribution in [0.5, 0.6) is 5.88 Å². The van der Waals surface area contributed by atoms with E-state index in [0.29, 0.717) is 0 Å². The molecule has 50 heavy (non-hydrogen) atoms. The second kappa shape index (κ2) is 18.5. The minimum absolute atomic E-state index is 0.00463. The molecule has 0 aliphatic heterocycles. The Bertz CT molecular complexity index is 1330. The van der Waals surface area contributed by atoms with Gasteiger partial charge in [-0.25, -0.2) is 9.34 Å². The van der Waals surface area contributed by atoms with Gasteiger partial charge < -0.3 is 45.2 Å². The normalized spacial score (nSPS) is 21.9. The number of nitrogen functional groups attached to an aromatic ring is 2. The molecule has 0 saturated heterocycles. The molecule has 0 radical (unpaired) electrons. The summed E-state index contributed by atoms with van der Waals surface area (Å²) in [7, 11) is 1.32. The zero-order valence-corrected chi connectivity index (χ0v) is 32.1. The van der Waals surface area contributed by atoms with Crippen LogP contribution in [-0.4, -0.2) is 126 Å². The topological polar surface area (TPSA) is 234 Å². The Kier molecular flexibility index (Phi) is 16.0. The molecule has 2 rings (SSSR count). The summed E-state index contributed by atoms with van der Waals surface area (Å²) in [4.78, 5) is 38.7. The fraction of sp³-hybridized carbons (Fsp3) is 0.781. The number of aliphatic hydroxyl groups excluding tert-OH is 1. The number of aliphatic imine (C=N–C) groups is 1. The van der Waals surface area contributed by atoms with Gasteiger partial charge >= 0.3 is 19.6 Å². The minimum Gasteiger partial charge on any atom is -0.479 e. The van der Waals surface area contributed by atoms with E-state index in [4.69, 9.17) is 34.9 Å². The van der Waals surface area contributed by atoms with Gasteiger partial charge in [0.25, 0.3) is 0 Å². The van der Waals surface area contributed by atoms with E-state index in [1.165, 1.54) is 43.9 Å². The quantitative estimate of drug-likeness (QED) is 0.0808. The Morgan fingerprint density at radius 3 is 1.92 bits per heavy atom. The Hall–Kier alpha value is -2.92. The maximum atomic E-state index is 15.2. The first-order valence-electron chi connectivity index (χ1n) is 16.8. The molecule has 0 aromatic carbocycles.